The molecule has 1 aromatic heterocycles. The van der Waals surface area contributed by atoms with Crippen molar-refractivity contribution >= 4 is 5.97 Å². The number of furan rings is 1. The highest BCUT2D eigenvalue weighted by molar-refractivity contribution is 5.86. The number of hydrogen-bond acceptors (Lipinski definition) is 4. The number of aromatic carboxylic acids is 1. The topological polar surface area (TPSA) is 73.9 Å². The lowest BCUT2D eigenvalue weighted by atomic mass is 9.93. The van der Waals surface area contributed by atoms with Crippen molar-refractivity contribution in [3.8, 4) is 0 Å². The molecule has 5 heteroatoms. The number of carboxylic acids is 1. The van der Waals surface area contributed by atoms with Crippen molar-refractivity contribution in [2.75, 3.05) is 13.1 Å². The lowest BCUT2D eigenvalue weighted by Crippen LogP contribution is -2.42. The lowest BCUT2D eigenvalue weighted by molar-refractivity contribution is -0.00747. The second-order valence-corrected chi connectivity index (χ2v) is 4.85. The van der Waals surface area contributed by atoms with Gasteiger partial charge in [0, 0.05) is 25.2 Å². The minimum absolute atomic E-state index is 0.0160. The first-order valence-corrected chi connectivity index (χ1v) is 5.72. The second-order valence-electron chi connectivity index (χ2n) is 4.85. The number of carboxylic acid groups (broad SMARTS) is 1. The molecule has 94 valence electrons. The first-order chi connectivity index (χ1) is 7.98. The molecule has 2 heterocycles. The number of aliphatic hydroxyl groups is 1. The molecule has 0 unspecified atom stereocenters. The van der Waals surface area contributed by atoms with Crippen molar-refractivity contribution in [3.05, 3.63) is 23.7 Å². The fourth-order valence-electron chi connectivity index (χ4n) is 2.08. The van der Waals surface area contributed by atoms with Crippen LogP contribution in [-0.2, 0) is 6.54 Å². The van der Waals surface area contributed by atoms with Crippen LogP contribution in [0, 0.1) is 0 Å². The molecule has 1 aromatic rings. The number of hydrogen-bond donors (Lipinski definition) is 2. The third-order valence-electron chi connectivity index (χ3n) is 3.27. The predicted octanol–water partition coefficient (Wildman–Crippen LogP) is 1.32. The average Bonchev–Trinajstić information content (AvgIpc) is 2.69. The molecule has 1 aliphatic heterocycles. The van der Waals surface area contributed by atoms with Crippen molar-refractivity contribution in [1.29, 1.82) is 0 Å². The molecule has 17 heavy (non-hydrogen) atoms. The lowest BCUT2D eigenvalue weighted by Gasteiger charge is -2.35. The summed E-state index contributed by atoms with van der Waals surface area (Å²) in [4.78, 5) is 13.0. The van der Waals surface area contributed by atoms with E-state index in [0.29, 0.717) is 24.9 Å². The van der Waals surface area contributed by atoms with E-state index in [1.54, 1.807) is 6.07 Å². The van der Waals surface area contributed by atoms with Gasteiger partial charge in [0.15, 0.2) is 0 Å². The molecule has 2 N–H and O–H groups in total. The maximum Gasteiger partial charge on any atom is 0.372 e. The Morgan fingerprint density at radius 3 is 2.76 bits per heavy atom. The van der Waals surface area contributed by atoms with Gasteiger partial charge in [-0.15, -0.1) is 0 Å². The Morgan fingerprint density at radius 2 is 2.18 bits per heavy atom. The Hall–Kier alpha value is -1.33. The SMILES string of the molecule is CC1(O)CCN(Cc2ccoc2C(=O)O)CC1. The molecule has 0 bridgehead atoms. The van der Waals surface area contributed by atoms with Crippen LogP contribution in [0.1, 0.15) is 35.9 Å². The molecule has 1 fully saturated rings. The maximum absolute atomic E-state index is 10.9. The molecule has 0 spiro atoms. The third kappa shape index (κ3) is 2.87. The van der Waals surface area contributed by atoms with Crippen molar-refractivity contribution in [3.63, 3.8) is 0 Å². The van der Waals surface area contributed by atoms with Gasteiger partial charge in [0.2, 0.25) is 5.76 Å². The smallest absolute Gasteiger partial charge is 0.372 e. The molecule has 1 aliphatic rings. The number of likely N-dealkylation sites (tertiary alicyclic amines) is 1. The number of rotatable bonds is 3. The van der Waals surface area contributed by atoms with Gasteiger partial charge in [-0.05, 0) is 25.8 Å². The first kappa shape index (κ1) is 12.1. The summed E-state index contributed by atoms with van der Waals surface area (Å²) in [6.45, 7) is 3.95. The van der Waals surface area contributed by atoms with Crippen LogP contribution in [-0.4, -0.2) is 39.8 Å². The minimum atomic E-state index is -1.03. The van der Waals surface area contributed by atoms with Crippen LogP contribution >= 0.6 is 0 Å². The molecule has 0 amide bonds. The molecular formula is C12H17NO4. The largest absolute Gasteiger partial charge is 0.475 e. The van der Waals surface area contributed by atoms with E-state index in [4.69, 9.17) is 9.52 Å². The Balaban J connectivity index is 1.98. The molecule has 0 radical (unpaired) electrons. The van der Waals surface area contributed by atoms with Crippen LogP contribution in [0.4, 0.5) is 0 Å². The third-order valence-corrected chi connectivity index (χ3v) is 3.27. The summed E-state index contributed by atoms with van der Waals surface area (Å²) in [5.41, 5.74) is 0.113. The number of piperidine rings is 1. The van der Waals surface area contributed by atoms with E-state index in [1.807, 2.05) is 6.92 Å². The van der Waals surface area contributed by atoms with Crippen molar-refractivity contribution in [2.45, 2.75) is 31.9 Å². The average molecular weight is 239 g/mol. The van der Waals surface area contributed by atoms with Gasteiger partial charge in [0.25, 0.3) is 0 Å². The van der Waals surface area contributed by atoms with E-state index < -0.39 is 11.6 Å². The monoisotopic (exact) mass is 239 g/mol. The van der Waals surface area contributed by atoms with Crippen molar-refractivity contribution < 1.29 is 19.4 Å². The van der Waals surface area contributed by atoms with Gasteiger partial charge in [-0.2, -0.15) is 0 Å². The highest BCUT2D eigenvalue weighted by Crippen LogP contribution is 2.23. The predicted molar refractivity (Wildman–Crippen MR) is 60.8 cm³/mol. The number of nitrogens with zero attached hydrogens (tertiary/aromatic N) is 1. The molecule has 5 nitrogen and oxygen atoms in total. The summed E-state index contributed by atoms with van der Waals surface area (Å²) in [7, 11) is 0. The zero-order valence-corrected chi connectivity index (χ0v) is 9.85. The molecule has 0 atom stereocenters. The van der Waals surface area contributed by atoms with E-state index in [2.05, 4.69) is 4.90 Å². The van der Waals surface area contributed by atoms with Crippen LogP contribution in [0.15, 0.2) is 16.7 Å². The van der Waals surface area contributed by atoms with E-state index in [-0.39, 0.29) is 5.76 Å². The van der Waals surface area contributed by atoms with Crippen molar-refractivity contribution in [2.24, 2.45) is 0 Å². The van der Waals surface area contributed by atoms with E-state index in [1.165, 1.54) is 6.26 Å². The minimum Gasteiger partial charge on any atom is -0.475 e. The van der Waals surface area contributed by atoms with E-state index in [9.17, 15) is 9.90 Å². The van der Waals surface area contributed by atoms with Gasteiger partial charge >= 0.3 is 5.97 Å². The summed E-state index contributed by atoms with van der Waals surface area (Å²) in [6.07, 6.45) is 2.83. The highest BCUT2D eigenvalue weighted by Gasteiger charge is 2.28. The number of carbonyl (C=O) groups is 1. The van der Waals surface area contributed by atoms with Gasteiger partial charge in [0.05, 0.1) is 11.9 Å². The molecule has 0 saturated carbocycles. The standard InChI is InChI=1S/C12H17NO4/c1-12(16)3-5-13(6-4-12)8-9-2-7-17-10(9)11(14)15/h2,7,16H,3-6,8H2,1H3,(H,14,15). The molecule has 0 aromatic carbocycles. The molecule has 2 rings (SSSR count). The van der Waals surface area contributed by atoms with Crippen LogP contribution in [0.25, 0.3) is 0 Å². The molecule has 0 aliphatic carbocycles. The van der Waals surface area contributed by atoms with Crippen LogP contribution in [0.5, 0.6) is 0 Å². The van der Waals surface area contributed by atoms with Crippen LogP contribution < -0.4 is 0 Å². The summed E-state index contributed by atoms with van der Waals surface area (Å²) >= 11 is 0. The zero-order chi connectivity index (χ0) is 12.5. The van der Waals surface area contributed by atoms with Gasteiger partial charge in [0.1, 0.15) is 0 Å². The van der Waals surface area contributed by atoms with Gasteiger partial charge in [-0.3, -0.25) is 4.90 Å². The summed E-state index contributed by atoms with van der Waals surface area (Å²) in [6, 6.07) is 1.69. The highest BCUT2D eigenvalue weighted by atomic mass is 16.4. The Kier molecular flexibility index (Phi) is 3.22. The quantitative estimate of drug-likeness (QED) is 0.832. The van der Waals surface area contributed by atoms with E-state index in [0.717, 1.165) is 13.1 Å². The molecule has 1 saturated heterocycles. The van der Waals surface area contributed by atoms with Crippen LogP contribution in [0.3, 0.4) is 0 Å². The Bertz CT molecular complexity index is 400. The fourth-order valence-corrected chi connectivity index (χ4v) is 2.08. The summed E-state index contributed by atoms with van der Waals surface area (Å²) < 4.78 is 4.93. The Morgan fingerprint density at radius 1 is 1.53 bits per heavy atom. The van der Waals surface area contributed by atoms with Crippen LogP contribution in [0.2, 0.25) is 0 Å². The second kappa shape index (κ2) is 4.50. The normalized spacial score (nSPS) is 20.4. The van der Waals surface area contributed by atoms with Crippen molar-refractivity contribution in [1.82, 2.24) is 4.90 Å². The first-order valence-electron chi connectivity index (χ1n) is 5.72. The van der Waals surface area contributed by atoms with Gasteiger partial charge < -0.3 is 14.6 Å². The summed E-state index contributed by atoms with van der Waals surface area (Å²) in [5.74, 6) is -1.02. The van der Waals surface area contributed by atoms with Gasteiger partial charge in [-0.1, -0.05) is 0 Å². The summed E-state index contributed by atoms with van der Waals surface area (Å²) in [5, 5.41) is 18.7. The fraction of sp³-hybridized carbons (Fsp3) is 0.583. The van der Waals surface area contributed by atoms with E-state index >= 15 is 0 Å². The zero-order valence-electron chi connectivity index (χ0n) is 9.85. The Labute approximate surface area is 99.6 Å². The van der Waals surface area contributed by atoms with Gasteiger partial charge in [-0.25, -0.2) is 4.79 Å². The maximum atomic E-state index is 10.9. The molecular weight excluding hydrogens is 222 g/mol.